The Balaban J connectivity index is 2.00. The molecule has 3 heteroatoms. The lowest BCUT2D eigenvalue weighted by molar-refractivity contribution is -0.158. The number of carbonyl (C=O) groups excluding carboxylic acids is 1. The van der Waals surface area contributed by atoms with Gasteiger partial charge in [-0.2, -0.15) is 0 Å². The third-order valence-corrected chi connectivity index (χ3v) is 2.91. The number of rotatable bonds is 1. The molecular formula is C8H13NO2. The molecule has 3 aliphatic rings. The maximum Gasteiger partial charge on any atom is 0.309 e. The van der Waals surface area contributed by atoms with Crippen LogP contribution in [0, 0.1) is 17.8 Å². The van der Waals surface area contributed by atoms with Crippen molar-refractivity contribution in [1.29, 1.82) is 0 Å². The fourth-order valence-electron chi connectivity index (χ4n) is 2.27. The van der Waals surface area contributed by atoms with Crippen LogP contribution in [0.5, 0.6) is 0 Å². The second kappa shape index (κ2) is 2.48. The summed E-state index contributed by atoms with van der Waals surface area (Å²) in [7, 11) is 1.48. The van der Waals surface area contributed by atoms with Gasteiger partial charge in [0.05, 0.1) is 13.0 Å². The molecule has 11 heavy (non-hydrogen) atoms. The topological polar surface area (TPSA) is 38.3 Å². The number of fused-ring (bicyclic) bond motifs is 2. The number of hydrogen-bond acceptors (Lipinski definition) is 3. The molecule has 0 spiro atoms. The van der Waals surface area contributed by atoms with Crippen LogP contribution in [-0.4, -0.2) is 26.2 Å². The highest BCUT2D eigenvalue weighted by molar-refractivity contribution is 5.74. The molecule has 2 atom stereocenters. The molecule has 3 fully saturated rings. The number of ether oxygens (including phenoxy) is 1. The Labute approximate surface area is 66.1 Å². The van der Waals surface area contributed by atoms with Gasteiger partial charge >= 0.3 is 5.97 Å². The van der Waals surface area contributed by atoms with Crippen molar-refractivity contribution < 1.29 is 9.53 Å². The van der Waals surface area contributed by atoms with E-state index in [2.05, 4.69) is 5.32 Å². The fourth-order valence-corrected chi connectivity index (χ4v) is 2.27. The molecule has 2 unspecified atom stereocenters. The SMILES string of the molecule is COC(=O)C1C2CNCC1C2. The van der Waals surface area contributed by atoms with Gasteiger partial charge in [0, 0.05) is 0 Å². The molecule has 0 aromatic rings. The van der Waals surface area contributed by atoms with Crippen LogP contribution in [0.15, 0.2) is 0 Å². The van der Waals surface area contributed by atoms with E-state index < -0.39 is 0 Å². The minimum atomic E-state index is -0.00671. The van der Waals surface area contributed by atoms with Gasteiger partial charge in [0.2, 0.25) is 0 Å². The number of carbonyl (C=O) groups is 1. The number of hydrogen-bond donors (Lipinski definition) is 1. The minimum absolute atomic E-state index is 0.00671. The maximum atomic E-state index is 11.2. The Kier molecular flexibility index (Phi) is 1.60. The number of methoxy groups -OCH3 is 1. The summed E-state index contributed by atoms with van der Waals surface area (Å²) in [6.45, 7) is 1.99. The first-order chi connectivity index (χ1) is 5.33. The molecule has 2 aliphatic heterocycles. The molecule has 2 heterocycles. The summed E-state index contributed by atoms with van der Waals surface area (Å²) in [5.74, 6) is 1.32. The van der Waals surface area contributed by atoms with Crippen LogP contribution < -0.4 is 5.32 Å². The van der Waals surface area contributed by atoms with Crippen molar-refractivity contribution in [2.75, 3.05) is 20.2 Å². The largest absolute Gasteiger partial charge is 0.469 e. The maximum absolute atomic E-state index is 11.2. The molecule has 2 bridgehead atoms. The highest BCUT2D eigenvalue weighted by atomic mass is 16.5. The first kappa shape index (κ1) is 7.10. The van der Waals surface area contributed by atoms with E-state index in [0.717, 1.165) is 13.1 Å². The zero-order valence-electron chi connectivity index (χ0n) is 6.67. The van der Waals surface area contributed by atoms with E-state index in [1.54, 1.807) is 0 Å². The second-order valence-electron chi connectivity index (χ2n) is 3.46. The van der Waals surface area contributed by atoms with Crippen molar-refractivity contribution in [3.05, 3.63) is 0 Å². The first-order valence-corrected chi connectivity index (χ1v) is 4.11. The molecule has 0 aromatic carbocycles. The zero-order valence-corrected chi connectivity index (χ0v) is 6.67. The Morgan fingerprint density at radius 2 is 2.09 bits per heavy atom. The lowest BCUT2D eigenvalue weighted by Crippen LogP contribution is -2.56. The summed E-state index contributed by atoms with van der Waals surface area (Å²) >= 11 is 0. The Bertz CT molecular complexity index is 167. The standard InChI is InChI=1S/C8H13NO2/c1-11-8(10)7-5-2-6(7)4-9-3-5/h5-7,9H,2-4H2,1H3. The average Bonchev–Trinajstić information content (AvgIpc) is 2.05. The molecule has 0 amide bonds. The van der Waals surface area contributed by atoms with Gasteiger partial charge in [0.1, 0.15) is 0 Å². The summed E-state index contributed by atoms with van der Waals surface area (Å²) < 4.78 is 4.72. The molecule has 0 aromatic heterocycles. The predicted octanol–water partition coefficient (Wildman–Crippen LogP) is 0.0149. The van der Waals surface area contributed by atoms with Gasteiger partial charge in [-0.15, -0.1) is 0 Å². The molecule has 2 saturated heterocycles. The fraction of sp³-hybridized carbons (Fsp3) is 0.875. The Morgan fingerprint density at radius 1 is 1.45 bits per heavy atom. The highest BCUT2D eigenvalue weighted by Gasteiger charge is 2.48. The summed E-state index contributed by atoms with van der Waals surface area (Å²) in [5, 5.41) is 3.29. The van der Waals surface area contributed by atoms with E-state index in [1.807, 2.05) is 0 Å². The molecule has 0 radical (unpaired) electrons. The van der Waals surface area contributed by atoms with Crippen molar-refractivity contribution in [3.8, 4) is 0 Å². The highest BCUT2D eigenvalue weighted by Crippen LogP contribution is 2.42. The van der Waals surface area contributed by atoms with Gasteiger partial charge in [-0.3, -0.25) is 4.79 Å². The van der Waals surface area contributed by atoms with Crippen LogP contribution in [0.1, 0.15) is 6.42 Å². The van der Waals surface area contributed by atoms with Crippen LogP contribution in [0.2, 0.25) is 0 Å². The number of esters is 1. The van der Waals surface area contributed by atoms with E-state index in [9.17, 15) is 4.79 Å². The van der Waals surface area contributed by atoms with Crippen LogP contribution in [0.25, 0.3) is 0 Å². The van der Waals surface area contributed by atoms with E-state index in [0.29, 0.717) is 11.8 Å². The number of nitrogens with one attached hydrogen (secondary N) is 1. The van der Waals surface area contributed by atoms with Gasteiger partial charge in [-0.1, -0.05) is 0 Å². The van der Waals surface area contributed by atoms with Crippen LogP contribution >= 0.6 is 0 Å². The summed E-state index contributed by atoms with van der Waals surface area (Å²) in [6.07, 6.45) is 1.22. The van der Waals surface area contributed by atoms with Crippen LogP contribution in [0.3, 0.4) is 0 Å². The molecule has 62 valence electrons. The van der Waals surface area contributed by atoms with Gasteiger partial charge in [-0.05, 0) is 31.3 Å². The van der Waals surface area contributed by atoms with Gasteiger partial charge in [-0.25, -0.2) is 0 Å². The van der Waals surface area contributed by atoms with E-state index in [1.165, 1.54) is 13.5 Å². The Hall–Kier alpha value is -0.570. The van der Waals surface area contributed by atoms with Gasteiger partial charge in [0.25, 0.3) is 0 Å². The molecule has 1 aliphatic carbocycles. The average molecular weight is 155 g/mol. The molecule has 1 saturated carbocycles. The predicted molar refractivity (Wildman–Crippen MR) is 40.0 cm³/mol. The smallest absolute Gasteiger partial charge is 0.309 e. The summed E-state index contributed by atoms with van der Waals surface area (Å²) in [6, 6.07) is 0. The second-order valence-corrected chi connectivity index (χ2v) is 3.46. The van der Waals surface area contributed by atoms with Crippen LogP contribution in [0.4, 0.5) is 0 Å². The normalized spacial score (nSPS) is 41.0. The molecular weight excluding hydrogens is 142 g/mol. The first-order valence-electron chi connectivity index (χ1n) is 4.11. The van der Waals surface area contributed by atoms with Gasteiger partial charge < -0.3 is 10.1 Å². The Morgan fingerprint density at radius 3 is 2.55 bits per heavy atom. The molecule has 3 nitrogen and oxygen atoms in total. The lowest BCUT2D eigenvalue weighted by Gasteiger charge is -2.47. The number of piperidine rings is 2. The third kappa shape index (κ3) is 0.948. The monoisotopic (exact) mass is 155 g/mol. The van der Waals surface area contributed by atoms with Crippen molar-refractivity contribution in [3.63, 3.8) is 0 Å². The minimum Gasteiger partial charge on any atom is -0.469 e. The van der Waals surface area contributed by atoms with Crippen molar-refractivity contribution in [2.24, 2.45) is 17.8 Å². The quantitative estimate of drug-likeness (QED) is 0.542. The van der Waals surface area contributed by atoms with Crippen LogP contribution in [-0.2, 0) is 9.53 Å². The van der Waals surface area contributed by atoms with Crippen molar-refractivity contribution in [2.45, 2.75) is 6.42 Å². The van der Waals surface area contributed by atoms with Gasteiger partial charge in [0.15, 0.2) is 0 Å². The van der Waals surface area contributed by atoms with E-state index >= 15 is 0 Å². The molecule has 1 N–H and O–H groups in total. The third-order valence-electron chi connectivity index (χ3n) is 2.91. The van der Waals surface area contributed by atoms with E-state index in [4.69, 9.17) is 4.74 Å². The summed E-state index contributed by atoms with van der Waals surface area (Å²) in [4.78, 5) is 11.2. The van der Waals surface area contributed by atoms with Crippen molar-refractivity contribution >= 4 is 5.97 Å². The van der Waals surface area contributed by atoms with Crippen molar-refractivity contribution in [1.82, 2.24) is 5.32 Å². The lowest BCUT2D eigenvalue weighted by atomic mass is 9.62. The zero-order chi connectivity index (χ0) is 7.84. The molecule has 3 rings (SSSR count). The summed E-state index contributed by atoms with van der Waals surface area (Å²) in [5.41, 5.74) is 0. The van der Waals surface area contributed by atoms with E-state index in [-0.39, 0.29) is 11.9 Å².